The Morgan fingerprint density at radius 3 is 2.54 bits per heavy atom. The van der Waals surface area contributed by atoms with E-state index in [0.29, 0.717) is 22.5 Å². The van der Waals surface area contributed by atoms with Crippen LogP contribution < -0.4 is 5.63 Å². The molecule has 2 heterocycles. The molecule has 3 aromatic rings. The van der Waals surface area contributed by atoms with Crippen LogP contribution in [0.25, 0.3) is 22.5 Å². The third kappa shape index (κ3) is 3.21. The first-order valence-corrected chi connectivity index (χ1v) is 8.30. The lowest BCUT2D eigenvalue weighted by Crippen LogP contribution is -2.11. The highest BCUT2D eigenvalue weighted by Crippen LogP contribution is 2.33. The van der Waals surface area contributed by atoms with Crippen molar-refractivity contribution in [3.8, 4) is 11.6 Å². The minimum Gasteiger partial charge on any atom is -0.401 e. The second-order valence-corrected chi connectivity index (χ2v) is 6.51. The van der Waals surface area contributed by atoms with Gasteiger partial charge >= 0.3 is 11.8 Å². The average Bonchev–Trinajstić information content (AvgIpc) is 3.00. The standard InChI is InChI=1S/C17H15ClF3N3O2/c1-4-9-5-10(18)6-11-14(9)22-15(26-16(11)25)12-7-13(17(19,20)21)23-24(12)8(2)3/h5-8H,4H2,1-3H3. The van der Waals surface area contributed by atoms with E-state index in [9.17, 15) is 18.0 Å². The summed E-state index contributed by atoms with van der Waals surface area (Å²) in [6.45, 7) is 5.21. The molecule has 0 atom stereocenters. The lowest BCUT2D eigenvalue weighted by molar-refractivity contribution is -0.141. The van der Waals surface area contributed by atoms with Crippen molar-refractivity contribution in [2.75, 3.05) is 0 Å². The van der Waals surface area contributed by atoms with Gasteiger partial charge in [0.1, 0.15) is 5.69 Å². The van der Waals surface area contributed by atoms with Crippen LogP contribution >= 0.6 is 11.6 Å². The van der Waals surface area contributed by atoms with E-state index in [2.05, 4.69) is 10.1 Å². The van der Waals surface area contributed by atoms with Gasteiger partial charge in [-0.3, -0.25) is 4.68 Å². The van der Waals surface area contributed by atoms with Crippen LogP contribution in [0.2, 0.25) is 5.02 Å². The molecule has 0 aliphatic rings. The molecule has 0 unspecified atom stereocenters. The second kappa shape index (κ2) is 6.42. The van der Waals surface area contributed by atoms with Gasteiger partial charge in [0, 0.05) is 17.1 Å². The predicted molar refractivity (Wildman–Crippen MR) is 91.3 cm³/mol. The van der Waals surface area contributed by atoms with E-state index < -0.39 is 17.5 Å². The minimum atomic E-state index is -4.62. The van der Waals surface area contributed by atoms with Gasteiger partial charge in [-0.25, -0.2) is 9.78 Å². The SMILES string of the molecule is CCc1cc(Cl)cc2c(=O)oc(-c3cc(C(F)(F)F)nn3C(C)C)nc12. The first-order chi connectivity index (χ1) is 12.1. The molecule has 26 heavy (non-hydrogen) atoms. The Labute approximate surface area is 151 Å². The summed E-state index contributed by atoms with van der Waals surface area (Å²) >= 11 is 6.00. The maximum atomic E-state index is 13.1. The number of aryl methyl sites for hydroxylation is 1. The van der Waals surface area contributed by atoms with Crippen LogP contribution in [0.3, 0.4) is 0 Å². The minimum absolute atomic E-state index is 0.0108. The van der Waals surface area contributed by atoms with Gasteiger partial charge in [-0.2, -0.15) is 18.3 Å². The highest BCUT2D eigenvalue weighted by atomic mass is 35.5. The fraction of sp³-hybridized carbons (Fsp3) is 0.353. The molecule has 1 aromatic carbocycles. The van der Waals surface area contributed by atoms with Crippen molar-refractivity contribution in [2.24, 2.45) is 0 Å². The van der Waals surface area contributed by atoms with E-state index >= 15 is 0 Å². The number of nitrogens with zero attached hydrogens (tertiary/aromatic N) is 3. The Balaban J connectivity index is 2.31. The highest BCUT2D eigenvalue weighted by Gasteiger charge is 2.36. The van der Waals surface area contributed by atoms with Crippen LogP contribution in [0, 0.1) is 0 Å². The van der Waals surface area contributed by atoms with Gasteiger partial charge in [0.2, 0.25) is 5.89 Å². The zero-order chi connectivity index (χ0) is 19.2. The van der Waals surface area contributed by atoms with Crippen molar-refractivity contribution in [3.05, 3.63) is 44.9 Å². The van der Waals surface area contributed by atoms with Crippen molar-refractivity contribution < 1.29 is 17.6 Å². The molecule has 0 spiro atoms. The maximum Gasteiger partial charge on any atom is 0.435 e. The third-order valence-electron chi connectivity index (χ3n) is 3.89. The summed E-state index contributed by atoms with van der Waals surface area (Å²) in [4.78, 5) is 16.7. The van der Waals surface area contributed by atoms with Crippen LogP contribution in [0.5, 0.6) is 0 Å². The quantitative estimate of drug-likeness (QED) is 0.645. The summed E-state index contributed by atoms with van der Waals surface area (Å²) in [7, 11) is 0. The zero-order valence-corrected chi connectivity index (χ0v) is 14.9. The monoisotopic (exact) mass is 385 g/mol. The Bertz CT molecular complexity index is 1040. The molecule has 0 saturated heterocycles. The smallest absolute Gasteiger partial charge is 0.401 e. The van der Waals surface area contributed by atoms with E-state index in [0.717, 1.165) is 10.7 Å². The van der Waals surface area contributed by atoms with E-state index in [4.69, 9.17) is 16.0 Å². The molecular formula is C17H15ClF3N3O2. The molecule has 0 N–H and O–H groups in total. The van der Waals surface area contributed by atoms with E-state index in [-0.39, 0.29) is 23.0 Å². The number of fused-ring (bicyclic) bond motifs is 1. The second-order valence-electron chi connectivity index (χ2n) is 6.07. The number of aromatic nitrogens is 3. The normalized spacial score (nSPS) is 12.3. The number of rotatable bonds is 3. The van der Waals surface area contributed by atoms with Crippen molar-refractivity contribution in [2.45, 2.75) is 39.4 Å². The Morgan fingerprint density at radius 2 is 1.96 bits per heavy atom. The van der Waals surface area contributed by atoms with Gasteiger partial charge in [-0.1, -0.05) is 18.5 Å². The predicted octanol–water partition coefficient (Wildman–Crippen LogP) is 4.87. The van der Waals surface area contributed by atoms with Crippen molar-refractivity contribution in [1.82, 2.24) is 14.8 Å². The van der Waals surface area contributed by atoms with Crippen molar-refractivity contribution in [3.63, 3.8) is 0 Å². The summed E-state index contributed by atoms with van der Waals surface area (Å²) in [6, 6.07) is 3.54. The molecule has 138 valence electrons. The molecule has 0 bridgehead atoms. The zero-order valence-electron chi connectivity index (χ0n) is 14.2. The highest BCUT2D eigenvalue weighted by molar-refractivity contribution is 6.31. The third-order valence-corrected chi connectivity index (χ3v) is 4.11. The lowest BCUT2D eigenvalue weighted by atomic mass is 10.1. The first-order valence-electron chi connectivity index (χ1n) is 7.92. The van der Waals surface area contributed by atoms with E-state index in [1.807, 2.05) is 6.92 Å². The fourth-order valence-corrected chi connectivity index (χ4v) is 2.92. The number of hydrogen-bond acceptors (Lipinski definition) is 4. The molecule has 0 aliphatic heterocycles. The Hall–Kier alpha value is -2.35. The maximum absolute atomic E-state index is 13.1. The fourth-order valence-electron chi connectivity index (χ4n) is 2.68. The van der Waals surface area contributed by atoms with Crippen molar-refractivity contribution >= 4 is 22.5 Å². The molecule has 0 amide bonds. The molecule has 3 rings (SSSR count). The van der Waals surface area contributed by atoms with Crippen LogP contribution in [-0.4, -0.2) is 14.8 Å². The lowest BCUT2D eigenvalue weighted by Gasteiger charge is -2.10. The summed E-state index contributed by atoms with van der Waals surface area (Å²) in [5.74, 6) is -0.212. The molecule has 0 saturated carbocycles. The molecule has 0 aliphatic carbocycles. The topological polar surface area (TPSA) is 60.9 Å². The summed E-state index contributed by atoms with van der Waals surface area (Å²) in [6.07, 6.45) is -4.07. The molecule has 5 nitrogen and oxygen atoms in total. The van der Waals surface area contributed by atoms with Gasteiger partial charge in [0.05, 0.1) is 10.9 Å². The largest absolute Gasteiger partial charge is 0.435 e. The summed E-state index contributed by atoms with van der Waals surface area (Å²) in [5.41, 5.74) is -0.741. The number of alkyl halides is 3. The molecule has 0 fully saturated rings. The summed E-state index contributed by atoms with van der Waals surface area (Å²) < 4.78 is 45.5. The van der Waals surface area contributed by atoms with Gasteiger partial charge in [0.25, 0.3) is 0 Å². The summed E-state index contributed by atoms with van der Waals surface area (Å²) in [5, 5.41) is 4.14. The van der Waals surface area contributed by atoms with Crippen LogP contribution in [0.15, 0.2) is 27.4 Å². The van der Waals surface area contributed by atoms with Crippen LogP contribution in [0.1, 0.15) is 38.1 Å². The Kier molecular flexibility index (Phi) is 4.56. The van der Waals surface area contributed by atoms with Gasteiger partial charge in [0.15, 0.2) is 5.69 Å². The van der Waals surface area contributed by atoms with E-state index in [1.54, 1.807) is 19.9 Å². The average molecular weight is 386 g/mol. The molecular weight excluding hydrogens is 371 g/mol. The van der Waals surface area contributed by atoms with Crippen LogP contribution in [0.4, 0.5) is 13.2 Å². The van der Waals surface area contributed by atoms with Gasteiger partial charge in [-0.15, -0.1) is 0 Å². The molecule has 2 aromatic heterocycles. The molecule has 0 radical (unpaired) electrons. The van der Waals surface area contributed by atoms with Gasteiger partial charge in [-0.05, 0) is 38.0 Å². The number of benzene rings is 1. The molecule has 9 heteroatoms. The number of halogens is 4. The Morgan fingerprint density at radius 1 is 1.27 bits per heavy atom. The van der Waals surface area contributed by atoms with Crippen LogP contribution in [-0.2, 0) is 12.6 Å². The van der Waals surface area contributed by atoms with Gasteiger partial charge < -0.3 is 4.42 Å². The van der Waals surface area contributed by atoms with E-state index in [1.165, 1.54) is 6.07 Å². The first kappa shape index (κ1) is 18.4. The van der Waals surface area contributed by atoms with Crippen molar-refractivity contribution in [1.29, 1.82) is 0 Å². The number of hydrogen-bond donors (Lipinski definition) is 0.